The van der Waals surface area contributed by atoms with E-state index in [4.69, 9.17) is 4.74 Å². The number of halogens is 2. The molecule has 0 fully saturated rings. The van der Waals surface area contributed by atoms with Crippen LogP contribution in [0, 0.1) is 11.6 Å². The Morgan fingerprint density at radius 1 is 1.00 bits per heavy atom. The van der Waals surface area contributed by atoms with Gasteiger partial charge in [-0.3, -0.25) is 4.79 Å². The van der Waals surface area contributed by atoms with E-state index in [1.807, 2.05) is 0 Å². The zero-order valence-electron chi connectivity index (χ0n) is 12.0. The Hall–Kier alpha value is -2.43. The van der Waals surface area contributed by atoms with Gasteiger partial charge in [0.2, 0.25) is 0 Å². The molecule has 2 rings (SSSR count). The molecule has 0 saturated carbocycles. The van der Waals surface area contributed by atoms with Crippen LogP contribution in [-0.4, -0.2) is 19.1 Å². The summed E-state index contributed by atoms with van der Waals surface area (Å²) in [6, 6.07) is 11.4. The molecule has 3 nitrogen and oxygen atoms in total. The number of unbranched alkanes of at least 4 members (excludes halogenated alkanes) is 1. The standard InChI is InChI=1S/C17H17F2NO2/c18-14-6-8-16(9-7-14)22-11-2-1-10-20-17(21)13-4-3-5-15(19)12-13/h3-9,12H,1-2,10-11H2,(H,20,21). The van der Waals surface area contributed by atoms with Crippen LogP contribution in [0.3, 0.4) is 0 Å². The number of rotatable bonds is 7. The number of carbonyl (C=O) groups is 1. The Labute approximate surface area is 127 Å². The fourth-order valence-corrected chi connectivity index (χ4v) is 1.88. The first-order valence-electron chi connectivity index (χ1n) is 7.07. The molecule has 22 heavy (non-hydrogen) atoms. The van der Waals surface area contributed by atoms with Crippen LogP contribution in [0.4, 0.5) is 8.78 Å². The topological polar surface area (TPSA) is 38.3 Å². The van der Waals surface area contributed by atoms with E-state index in [9.17, 15) is 13.6 Å². The van der Waals surface area contributed by atoms with E-state index in [0.717, 1.165) is 12.8 Å². The molecule has 0 radical (unpaired) electrons. The van der Waals surface area contributed by atoms with Gasteiger partial charge in [0.25, 0.3) is 5.91 Å². The maximum Gasteiger partial charge on any atom is 0.251 e. The third-order valence-electron chi connectivity index (χ3n) is 3.03. The van der Waals surface area contributed by atoms with Gasteiger partial charge in [-0.1, -0.05) is 6.07 Å². The molecule has 2 aromatic rings. The molecule has 0 heterocycles. The van der Waals surface area contributed by atoms with Crippen LogP contribution in [0.1, 0.15) is 23.2 Å². The van der Waals surface area contributed by atoms with Crippen molar-refractivity contribution in [2.45, 2.75) is 12.8 Å². The van der Waals surface area contributed by atoms with Gasteiger partial charge in [0.15, 0.2) is 0 Å². The molecule has 2 aromatic carbocycles. The van der Waals surface area contributed by atoms with Crippen LogP contribution >= 0.6 is 0 Å². The van der Waals surface area contributed by atoms with Crippen molar-refractivity contribution in [1.29, 1.82) is 0 Å². The molecule has 0 aliphatic carbocycles. The first kappa shape index (κ1) is 15.9. The van der Waals surface area contributed by atoms with Gasteiger partial charge in [0.05, 0.1) is 6.61 Å². The zero-order chi connectivity index (χ0) is 15.8. The Kier molecular flexibility index (Phi) is 5.89. The minimum absolute atomic E-state index is 0.293. The van der Waals surface area contributed by atoms with Gasteiger partial charge in [-0.15, -0.1) is 0 Å². The molecule has 116 valence electrons. The minimum Gasteiger partial charge on any atom is -0.494 e. The lowest BCUT2D eigenvalue weighted by Crippen LogP contribution is -2.24. The average molecular weight is 305 g/mol. The zero-order valence-corrected chi connectivity index (χ0v) is 12.0. The van der Waals surface area contributed by atoms with Crippen molar-refractivity contribution in [2.75, 3.05) is 13.2 Å². The summed E-state index contributed by atoms with van der Waals surface area (Å²) in [5.74, 6) is -0.406. The third kappa shape index (κ3) is 5.16. The smallest absolute Gasteiger partial charge is 0.251 e. The fourth-order valence-electron chi connectivity index (χ4n) is 1.88. The number of nitrogens with one attached hydrogen (secondary N) is 1. The lowest BCUT2D eigenvalue weighted by Gasteiger charge is -2.07. The van der Waals surface area contributed by atoms with Crippen molar-refractivity contribution < 1.29 is 18.3 Å². The predicted molar refractivity (Wildman–Crippen MR) is 79.9 cm³/mol. The van der Waals surface area contributed by atoms with Gasteiger partial charge in [0.1, 0.15) is 17.4 Å². The van der Waals surface area contributed by atoms with Crippen LogP contribution in [0.2, 0.25) is 0 Å². The van der Waals surface area contributed by atoms with E-state index in [2.05, 4.69) is 5.32 Å². The van der Waals surface area contributed by atoms with E-state index >= 15 is 0 Å². The molecule has 0 aliphatic heterocycles. The van der Waals surface area contributed by atoms with Crippen molar-refractivity contribution in [3.8, 4) is 5.75 Å². The highest BCUT2D eigenvalue weighted by Crippen LogP contribution is 2.11. The third-order valence-corrected chi connectivity index (χ3v) is 3.03. The summed E-state index contributed by atoms with van der Waals surface area (Å²) in [6.07, 6.45) is 1.49. The summed E-state index contributed by atoms with van der Waals surface area (Å²) in [5.41, 5.74) is 0.308. The van der Waals surface area contributed by atoms with Crippen molar-refractivity contribution in [1.82, 2.24) is 5.32 Å². The molecular weight excluding hydrogens is 288 g/mol. The van der Waals surface area contributed by atoms with Crippen LogP contribution in [0.5, 0.6) is 5.75 Å². The molecule has 5 heteroatoms. The Morgan fingerprint density at radius 2 is 1.77 bits per heavy atom. The highest BCUT2D eigenvalue weighted by atomic mass is 19.1. The van der Waals surface area contributed by atoms with Crippen molar-refractivity contribution in [2.24, 2.45) is 0 Å². The first-order chi connectivity index (χ1) is 10.6. The summed E-state index contributed by atoms with van der Waals surface area (Å²) < 4.78 is 31.1. The second kappa shape index (κ2) is 8.12. The normalized spacial score (nSPS) is 10.3. The van der Waals surface area contributed by atoms with Gasteiger partial charge < -0.3 is 10.1 Å². The summed E-state index contributed by atoms with van der Waals surface area (Å²) >= 11 is 0. The molecule has 0 aliphatic rings. The molecule has 0 spiro atoms. The predicted octanol–water partition coefficient (Wildman–Crippen LogP) is 3.55. The van der Waals surface area contributed by atoms with E-state index in [1.165, 1.54) is 30.3 Å². The fraction of sp³-hybridized carbons (Fsp3) is 0.235. The molecular formula is C17H17F2NO2. The van der Waals surface area contributed by atoms with Crippen LogP contribution in [-0.2, 0) is 0 Å². The highest BCUT2D eigenvalue weighted by Gasteiger charge is 2.05. The van der Waals surface area contributed by atoms with Gasteiger partial charge >= 0.3 is 0 Å². The number of carbonyl (C=O) groups excluding carboxylic acids is 1. The van der Waals surface area contributed by atoms with Crippen molar-refractivity contribution >= 4 is 5.91 Å². The Bertz CT molecular complexity index is 614. The highest BCUT2D eigenvalue weighted by molar-refractivity contribution is 5.94. The maximum absolute atomic E-state index is 13.0. The van der Waals surface area contributed by atoms with Crippen LogP contribution in [0.15, 0.2) is 48.5 Å². The number of amides is 1. The number of hydrogen-bond donors (Lipinski definition) is 1. The van der Waals surface area contributed by atoms with Gasteiger partial charge in [-0.25, -0.2) is 8.78 Å². The monoisotopic (exact) mass is 305 g/mol. The maximum atomic E-state index is 13.0. The van der Waals surface area contributed by atoms with E-state index in [0.29, 0.717) is 24.5 Å². The number of hydrogen-bond acceptors (Lipinski definition) is 2. The van der Waals surface area contributed by atoms with E-state index in [1.54, 1.807) is 18.2 Å². The molecule has 0 unspecified atom stereocenters. The average Bonchev–Trinajstić information content (AvgIpc) is 2.52. The first-order valence-corrected chi connectivity index (χ1v) is 7.07. The van der Waals surface area contributed by atoms with Gasteiger partial charge in [-0.05, 0) is 55.3 Å². The Balaban J connectivity index is 1.61. The lowest BCUT2D eigenvalue weighted by molar-refractivity contribution is 0.0952. The van der Waals surface area contributed by atoms with Crippen LogP contribution in [0.25, 0.3) is 0 Å². The molecule has 0 atom stereocenters. The van der Waals surface area contributed by atoms with Crippen molar-refractivity contribution in [3.05, 3.63) is 65.7 Å². The Morgan fingerprint density at radius 3 is 2.50 bits per heavy atom. The van der Waals surface area contributed by atoms with Crippen LogP contribution < -0.4 is 10.1 Å². The van der Waals surface area contributed by atoms with Gasteiger partial charge in [0, 0.05) is 12.1 Å². The van der Waals surface area contributed by atoms with Gasteiger partial charge in [-0.2, -0.15) is 0 Å². The summed E-state index contributed by atoms with van der Waals surface area (Å²) in [5, 5.41) is 2.72. The summed E-state index contributed by atoms with van der Waals surface area (Å²) in [6.45, 7) is 0.976. The van der Waals surface area contributed by atoms with E-state index < -0.39 is 5.82 Å². The molecule has 1 N–H and O–H groups in total. The summed E-state index contributed by atoms with van der Waals surface area (Å²) in [7, 11) is 0. The van der Waals surface area contributed by atoms with Crippen molar-refractivity contribution in [3.63, 3.8) is 0 Å². The molecule has 0 saturated heterocycles. The van der Waals surface area contributed by atoms with E-state index in [-0.39, 0.29) is 11.7 Å². The largest absolute Gasteiger partial charge is 0.494 e. The number of ether oxygens (including phenoxy) is 1. The molecule has 0 aromatic heterocycles. The quantitative estimate of drug-likeness (QED) is 0.794. The number of benzene rings is 2. The second-order valence-corrected chi connectivity index (χ2v) is 4.78. The summed E-state index contributed by atoms with van der Waals surface area (Å²) in [4.78, 5) is 11.7. The lowest BCUT2D eigenvalue weighted by atomic mass is 10.2. The minimum atomic E-state index is -0.430. The second-order valence-electron chi connectivity index (χ2n) is 4.78. The SMILES string of the molecule is O=C(NCCCCOc1ccc(F)cc1)c1cccc(F)c1. The molecule has 0 bridgehead atoms. The molecule has 1 amide bonds.